The third-order valence-electron chi connectivity index (χ3n) is 3.59. The fourth-order valence-electron chi connectivity index (χ4n) is 2.49. The molecule has 21 heavy (non-hydrogen) atoms. The zero-order chi connectivity index (χ0) is 15.5. The van der Waals surface area contributed by atoms with Crippen molar-refractivity contribution in [3.63, 3.8) is 0 Å². The van der Waals surface area contributed by atoms with Gasteiger partial charge in [0.05, 0.1) is 12.2 Å². The van der Waals surface area contributed by atoms with Gasteiger partial charge in [0.25, 0.3) is 0 Å². The minimum atomic E-state index is 0.0300. The molecule has 3 N–H and O–H groups in total. The molecular formula is C17H31N3O. The Bertz CT molecular complexity index is 378. The Morgan fingerprint density at radius 3 is 2.67 bits per heavy atom. The Hall–Kier alpha value is -1.13. The zero-order valence-corrected chi connectivity index (χ0v) is 13.8. The Kier molecular flexibility index (Phi) is 9.02. The highest BCUT2D eigenvalue weighted by Gasteiger charge is 2.14. The van der Waals surface area contributed by atoms with E-state index in [1.165, 1.54) is 32.1 Å². The molecule has 4 heteroatoms. The quantitative estimate of drug-likeness (QED) is 0.846. The van der Waals surface area contributed by atoms with E-state index >= 15 is 0 Å². The van der Waals surface area contributed by atoms with Gasteiger partial charge in [-0.1, -0.05) is 33.1 Å². The van der Waals surface area contributed by atoms with Crippen LogP contribution in [0, 0.1) is 6.92 Å². The van der Waals surface area contributed by atoms with E-state index in [4.69, 9.17) is 10.5 Å². The van der Waals surface area contributed by atoms with Crippen LogP contribution >= 0.6 is 0 Å². The lowest BCUT2D eigenvalue weighted by atomic mass is 9.95. The summed E-state index contributed by atoms with van der Waals surface area (Å²) in [4.78, 5) is 4.10. The number of pyridine rings is 1. The van der Waals surface area contributed by atoms with Gasteiger partial charge in [-0.05, 0) is 31.4 Å². The predicted octanol–water partition coefficient (Wildman–Crippen LogP) is 3.04. The summed E-state index contributed by atoms with van der Waals surface area (Å²) >= 11 is 0. The van der Waals surface area contributed by atoms with E-state index in [-0.39, 0.29) is 6.04 Å². The second kappa shape index (κ2) is 10.6. The average Bonchev–Trinajstić information content (AvgIpc) is 2.54. The van der Waals surface area contributed by atoms with Gasteiger partial charge in [-0.3, -0.25) is 4.98 Å². The van der Waals surface area contributed by atoms with Gasteiger partial charge in [-0.15, -0.1) is 0 Å². The van der Waals surface area contributed by atoms with Crippen LogP contribution in [0.25, 0.3) is 0 Å². The van der Waals surface area contributed by atoms with Crippen molar-refractivity contribution in [1.82, 2.24) is 10.3 Å². The zero-order valence-electron chi connectivity index (χ0n) is 13.8. The van der Waals surface area contributed by atoms with Crippen molar-refractivity contribution in [2.45, 2.75) is 65.0 Å². The van der Waals surface area contributed by atoms with Crippen LogP contribution in [-0.4, -0.2) is 30.2 Å². The van der Waals surface area contributed by atoms with E-state index in [0.29, 0.717) is 12.6 Å². The molecule has 2 rings (SSSR count). The molecule has 0 aromatic carbocycles. The maximum atomic E-state index is 6.07. The number of aryl methyl sites for hydroxylation is 1. The number of ether oxygens (including phenoxy) is 1. The summed E-state index contributed by atoms with van der Waals surface area (Å²) in [6.45, 7) is 7.36. The molecule has 1 fully saturated rings. The molecule has 1 aromatic heterocycles. The molecule has 1 aromatic rings. The molecule has 0 aliphatic heterocycles. The van der Waals surface area contributed by atoms with Gasteiger partial charge in [-0.2, -0.15) is 0 Å². The first kappa shape index (κ1) is 17.9. The molecule has 1 heterocycles. The summed E-state index contributed by atoms with van der Waals surface area (Å²) in [6, 6.07) is 2.66. The Morgan fingerprint density at radius 1 is 1.29 bits per heavy atom. The summed E-state index contributed by atoms with van der Waals surface area (Å²) in [5.74, 6) is 0.799. The molecule has 0 saturated heterocycles. The smallest absolute Gasteiger partial charge is 0.137 e. The molecule has 1 saturated carbocycles. The minimum Gasteiger partial charge on any atom is -0.490 e. The molecular weight excluding hydrogens is 262 g/mol. The molecule has 0 amide bonds. The Balaban J connectivity index is 0.00000106. The molecule has 1 aliphatic rings. The maximum Gasteiger partial charge on any atom is 0.137 e. The van der Waals surface area contributed by atoms with Crippen molar-refractivity contribution in [1.29, 1.82) is 0 Å². The van der Waals surface area contributed by atoms with Crippen LogP contribution in [0.2, 0.25) is 0 Å². The molecule has 1 unspecified atom stereocenters. The third kappa shape index (κ3) is 7.44. The summed E-state index contributed by atoms with van der Waals surface area (Å²) in [5.41, 5.74) is 7.17. The molecule has 0 radical (unpaired) electrons. The second-order valence-electron chi connectivity index (χ2n) is 5.51. The minimum absolute atomic E-state index is 0.0300. The topological polar surface area (TPSA) is 60.2 Å². The van der Waals surface area contributed by atoms with Crippen molar-refractivity contribution < 1.29 is 4.74 Å². The van der Waals surface area contributed by atoms with Gasteiger partial charge in [0.1, 0.15) is 12.4 Å². The van der Waals surface area contributed by atoms with E-state index in [0.717, 1.165) is 17.9 Å². The van der Waals surface area contributed by atoms with E-state index in [1.807, 2.05) is 33.0 Å². The van der Waals surface area contributed by atoms with Crippen molar-refractivity contribution in [2.75, 3.05) is 13.2 Å². The Morgan fingerprint density at radius 2 is 2.00 bits per heavy atom. The van der Waals surface area contributed by atoms with Gasteiger partial charge in [-0.25, -0.2) is 0 Å². The normalized spacial score (nSPS) is 16.8. The van der Waals surface area contributed by atoms with Crippen LogP contribution in [0.4, 0.5) is 0 Å². The summed E-state index contributed by atoms with van der Waals surface area (Å²) in [6.07, 6.45) is 10.2. The van der Waals surface area contributed by atoms with Crippen molar-refractivity contribution >= 4 is 0 Å². The summed E-state index contributed by atoms with van der Waals surface area (Å²) in [7, 11) is 0. The van der Waals surface area contributed by atoms with E-state index in [9.17, 15) is 0 Å². The number of hydrogen-bond donors (Lipinski definition) is 2. The maximum absolute atomic E-state index is 6.07. The highest BCUT2D eigenvalue weighted by molar-refractivity contribution is 5.22. The number of nitrogens with zero attached hydrogens (tertiary/aromatic N) is 1. The second-order valence-corrected chi connectivity index (χ2v) is 5.51. The van der Waals surface area contributed by atoms with Crippen LogP contribution in [-0.2, 0) is 0 Å². The van der Waals surface area contributed by atoms with Gasteiger partial charge in [0.2, 0.25) is 0 Å². The average molecular weight is 293 g/mol. The highest BCUT2D eigenvalue weighted by atomic mass is 16.5. The lowest BCUT2D eigenvalue weighted by molar-refractivity contribution is 0.272. The number of nitrogens with two attached hydrogens (primary N) is 1. The van der Waals surface area contributed by atoms with Gasteiger partial charge >= 0.3 is 0 Å². The fraction of sp³-hybridized carbons (Fsp3) is 0.706. The molecule has 0 bridgehead atoms. The molecule has 1 atom stereocenters. The number of rotatable bonds is 6. The molecule has 1 aliphatic carbocycles. The number of nitrogens with one attached hydrogen (secondary N) is 1. The van der Waals surface area contributed by atoms with E-state index in [1.54, 1.807) is 6.20 Å². The van der Waals surface area contributed by atoms with Crippen LogP contribution < -0.4 is 15.8 Å². The van der Waals surface area contributed by atoms with Crippen molar-refractivity contribution in [3.05, 3.63) is 24.0 Å². The fourth-order valence-corrected chi connectivity index (χ4v) is 2.49. The lowest BCUT2D eigenvalue weighted by Gasteiger charge is -2.24. The van der Waals surface area contributed by atoms with Crippen LogP contribution in [0.5, 0.6) is 5.75 Å². The molecule has 120 valence electrons. The van der Waals surface area contributed by atoms with Gasteiger partial charge in [0, 0.05) is 18.8 Å². The van der Waals surface area contributed by atoms with Crippen LogP contribution in [0.15, 0.2) is 18.5 Å². The summed E-state index contributed by atoms with van der Waals surface area (Å²) < 4.78 is 5.66. The predicted molar refractivity (Wildman–Crippen MR) is 88.7 cm³/mol. The van der Waals surface area contributed by atoms with Crippen LogP contribution in [0.1, 0.15) is 51.5 Å². The lowest BCUT2D eigenvalue weighted by Crippen LogP contribution is -2.43. The van der Waals surface area contributed by atoms with Crippen molar-refractivity contribution in [2.24, 2.45) is 5.73 Å². The highest BCUT2D eigenvalue weighted by Crippen LogP contribution is 2.17. The van der Waals surface area contributed by atoms with Gasteiger partial charge in [0.15, 0.2) is 0 Å². The number of hydrogen-bond acceptors (Lipinski definition) is 4. The van der Waals surface area contributed by atoms with Gasteiger partial charge < -0.3 is 15.8 Å². The first-order valence-corrected chi connectivity index (χ1v) is 8.27. The van der Waals surface area contributed by atoms with Crippen molar-refractivity contribution in [3.8, 4) is 5.75 Å². The monoisotopic (exact) mass is 293 g/mol. The summed E-state index contributed by atoms with van der Waals surface area (Å²) in [5, 5.41) is 3.55. The SMILES string of the molecule is CC.Cc1cncc(OCC(N)CNC2CCCCC2)c1. The first-order chi connectivity index (χ1) is 10.2. The largest absolute Gasteiger partial charge is 0.490 e. The molecule has 4 nitrogen and oxygen atoms in total. The van der Waals surface area contributed by atoms with Crippen LogP contribution in [0.3, 0.4) is 0 Å². The molecule has 0 spiro atoms. The first-order valence-electron chi connectivity index (χ1n) is 8.27. The third-order valence-corrected chi connectivity index (χ3v) is 3.59. The standard InChI is InChI=1S/C15H25N3O.C2H6/c1-12-7-15(10-17-8-12)19-11-13(16)9-18-14-5-3-2-4-6-14;1-2/h7-8,10,13-14,18H,2-6,9,11,16H2,1H3;1-2H3. The Labute approximate surface area is 129 Å². The van der Waals surface area contributed by atoms with E-state index in [2.05, 4.69) is 10.3 Å². The van der Waals surface area contributed by atoms with E-state index < -0.39 is 0 Å². The number of aromatic nitrogens is 1.